The van der Waals surface area contributed by atoms with Crippen molar-refractivity contribution < 1.29 is 0 Å². The fourth-order valence-electron chi connectivity index (χ4n) is 2.47. The van der Waals surface area contributed by atoms with E-state index in [-0.39, 0.29) is 0 Å². The predicted octanol–water partition coefficient (Wildman–Crippen LogP) is 2.60. The average Bonchev–Trinajstić information content (AvgIpc) is 2.48. The van der Waals surface area contributed by atoms with Crippen molar-refractivity contribution in [3.05, 3.63) is 0 Å². The Kier molecular flexibility index (Phi) is 5.26. The second-order valence-electron chi connectivity index (χ2n) is 7.00. The Morgan fingerprint density at radius 3 is 2.56 bits per heavy atom. The van der Waals surface area contributed by atoms with Gasteiger partial charge in [0.2, 0.25) is 0 Å². The maximum atomic E-state index is 3.58. The molecule has 0 aromatic heterocycles. The van der Waals surface area contributed by atoms with Gasteiger partial charge in [-0.15, -0.1) is 0 Å². The lowest BCUT2D eigenvalue weighted by molar-refractivity contribution is 0.220. The highest BCUT2D eigenvalue weighted by Crippen LogP contribution is 2.21. The smallest absolute Gasteiger partial charge is 0.00302 e. The highest BCUT2D eigenvalue weighted by molar-refractivity contribution is 4.80. The Bertz CT molecular complexity index is 193. The van der Waals surface area contributed by atoms with E-state index in [1.807, 2.05) is 0 Å². The molecule has 0 radical (unpaired) electrons. The summed E-state index contributed by atoms with van der Waals surface area (Å²) in [5, 5.41) is 3.58. The first-order valence-corrected chi connectivity index (χ1v) is 6.80. The molecule has 1 rings (SSSR count). The molecule has 2 heteroatoms. The fourth-order valence-corrected chi connectivity index (χ4v) is 2.47. The Morgan fingerprint density at radius 1 is 1.31 bits per heavy atom. The van der Waals surface area contributed by atoms with Gasteiger partial charge >= 0.3 is 0 Å². The van der Waals surface area contributed by atoms with Gasteiger partial charge in [0.25, 0.3) is 0 Å². The number of nitrogens with zero attached hydrogens (tertiary/aromatic N) is 1. The summed E-state index contributed by atoms with van der Waals surface area (Å²) in [5.74, 6) is 1.65. The molecule has 1 atom stereocenters. The Hall–Kier alpha value is -0.0800. The highest BCUT2D eigenvalue weighted by atomic mass is 15.2. The fraction of sp³-hybridized carbons (Fsp3) is 1.00. The van der Waals surface area contributed by atoms with Crippen LogP contribution in [0.2, 0.25) is 0 Å². The van der Waals surface area contributed by atoms with Crippen molar-refractivity contribution in [3.8, 4) is 0 Å². The van der Waals surface area contributed by atoms with Gasteiger partial charge < -0.3 is 10.2 Å². The third kappa shape index (κ3) is 5.86. The molecule has 96 valence electrons. The van der Waals surface area contributed by atoms with E-state index in [2.05, 4.69) is 44.8 Å². The van der Waals surface area contributed by atoms with E-state index in [1.54, 1.807) is 0 Å². The van der Waals surface area contributed by atoms with Gasteiger partial charge in [0, 0.05) is 13.1 Å². The maximum absolute atomic E-state index is 3.58. The largest absolute Gasteiger partial charge is 0.316 e. The summed E-state index contributed by atoms with van der Waals surface area (Å²) in [6, 6.07) is 0. The molecule has 2 nitrogen and oxygen atoms in total. The number of likely N-dealkylation sites (tertiary alicyclic amines) is 1. The zero-order chi connectivity index (χ0) is 12.2. The summed E-state index contributed by atoms with van der Waals surface area (Å²) in [4.78, 5) is 2.63. The summed E-state index contributed by atoms with van der Waals surface area (Å²) in [6.45, 7) is 17.7. The molecule has 16 heavy (non-hydrogen) atoms. The van der Waals surface area contributed by atoms with Gasteiger partial charge in [0.15, 0.2) is 0 Å². The zero-order valence-electron chi connectivity index (χ0n) is 11.8. The second-order valence-corrected chi connectivity index (χ2v) is 7.00. The minimum atomic E-state index is 0.445. The second kappa shape index (κ2) is 6.02. The van der Waals surface area contributed by atoms with E-state index < -0.39 is 0 Å². The Morgan fingerprint density at radius 2 is 2.00 bits per heavy atom. The van der Waals surface area contributed by atoms with Crippen molar-refractivity contribution >= 4 is 0 Å². The van der Waals surface area contributed by atoms with E-state index in [9.17, 15) is 0 Å². The van der Waals surface area contributed by atoms with E-state index in [1.165, 1.54) is 32.6 Å². The normalized spacial score (nSPS) is 23.2. The van der Waals surface area contributed by atoms with Crippen LogP contribution in [0.3, 0.4) is 0 Å². The number of hydrogen-bond donors (Lipinski definition) is 1. The van der Waals surface area contributed by atoms with Gasteiger partial charge in [0.05, 0.1) is 0 Å². The van der Waals surface area contributed by atoms with Crippen LogP contribution in [0.25, 0.3) is 0 Å². The average molecular weight is 226 g/mol. The van der Waals surface area contributed by atoms with E-state index in [0.717, 1.165) is 18.4 Å². The van der Waals surface area contributed by atoms with E-state index in [4.69, 9.17) is 0 Å². The summed E-state index contributed by atoms with van der Waals surface area (Å²) in [5.41, 5.74) is 0.445. The summed E-state index contributed by atoms with van der Waals surface area (Å²) in [6.07, 6.45) is 1.38. The molecule has 1 saturated heterocycles. The monoisotopic (exact) mass is 226 g/mol. The molecular weight excluding hydrogens is 196 g/mol. The molecule has 0 aromatic carbocycles. The van der Waals surface area contributed by atoms with Crippen LogP contribution in [-0.4, -0.2) is 37.6 Å². The van der Waals surface area contributed by atoms with Crippen LogP contribution >= 0.6 is 0 Å². The lowest BCUT2D eigenvalue weighted by Gasteiger charge is -2.26. The van der Waals surface area contributed by atoms with Crippen molar-refractivity contribution in [3.63, 3.8) is 0 Å². The van der Waals surface area contributed by atoms with Gasteiger partial charge in [0.1, 0.15) is 0 Å². The summed E-state index contributed by atoms with van der Waals surface area (Å²) in [7, 11) is 0. The van der Waals surface area contributed by atoms with Gasteiger partial charge in [-0.25, -0.2) is 0 Å². The molecule has 0 aromatic rings. The summed E-state index contributed by atoms with van der Waals surface area (Å²) >= 11 is 0. The molecule has 0 spiro atoms. The SMILES string of the molecule is CC(C)CNCC1CCN(CC(C)(C)C)C1. The van der Waals surface area contributed by atoms with Crippen LogP contribution in [0.5, 0.6) is 0 Å². The molecule has 0 amide bonds. The van der Waals surface area contributed by atoms with Crippen LogP contribution in [0.4, 0.5) is 0 Å². The molecule has 1 N–H and O–H groups in total. The van der Waals surface area contributed by atoms with Crippen LogP contribution in [0.1, 0.15) is 41.0 Å². The van der Waals surface area contributed by atoms with Gasteiger partial charge in [-0.3, -0.25) is 0 Å². The molecule has 1 aliphatic heterocycles. The highest BCUT2D eigenvalue weighted by Gasteiger charge is 2.25. The first-order chi connectivity index (χ1) is 7.37. The first-order valence-electron chi connectivity index (χ1n) is 6.80. The van der Waals surface area contributed by atoms with Gasteiger partial charge in [-0.05, 0) is 43.3 Å². The molecular formula is C14H30N2. The molecule has 0 bridgehead atoms. The van der Waals surface area contributed by atoms with Gasteiger partial charge in [-0.1, -0.05) is 34.6 Å². The third-order valence-corrected chi connectivity index (χ3v) is 3.05. The van der Waals surface area contributed by atoms with Crippen molar-refractivity contribution in [2.45, 2.75) is 41.0 Å². The minimum absolute atomic E-state index is 0.445. The molecule has 1 aliphatic rings. The van der Waals surface area contributed by atoms with Crippen LogP contribution < -0.4 is 5.32 Å². The topological polar surface area (TPSA) is 15.3 Å². The molecule has 0 aliphatic carbocycles. The number of hydrogen-bond acceptors (Lipinski definition) is 2. The Labute approximate surface area is 102 Å². The van der Waals surface area contributed by atoms with Crippen LogP contribution in [0.15, 0.2) is 0 Å². The van der Waals surface area contributed by atoms with Crippen molar-refractivity contribution in [1.29, 1.82) is 0 Å². The molecule has 1 heterocycles. The van der Waals surface area contributed by atoms with Crippen molar-refractivity contribution in [2.24, 2.45) is 17.3 Å². The number of rotatable bonds is 5. The molecule has 1 fully saturated rings. The molecule has 0 saturated carbocycles. The quantitative estimate of drug-likeness (QED) is 0.775. The maximum Gasteiger partial charge on any atom is 0.00302 e. The van der Waals surface area contributed by atoms with E-state index in [0.29, 0.717) is 5.41 Å². The standard InChI is InChI=1S/C14H30N2/c1-12(2)8-15-9-13-6-7-16(10-13)11-14(3,4)5/h12-13,15H,6-11H2,1-5H3. The lowest BCUT2D eigenvalue weighted by atomic mass is 9.96. The lowest BCUT2D eigenvalue weighted by Crippen LogP contribution is -2.33. The third-order valence-electron chi connectivity index (χ3n) is 3.05. The number of nitrogens with one attached hydrogen (secondary N) is 1. The van der Waals surface area contributed by atoms with Crippen molar-refractivity contribution in [1.82, 2.24) is 10.2 Å². The predicted molar refractivity (Wildman–Crippen MR) is 71.7 cm³/mol. The van der Waals surface area contributed by atoms with Gasteiger partial charge in [-0.2, -0.15) is 0 Å². The first kappa shape index (κ1) is 14.0. The van der Waals surface area contributed by atoms with Crippen LogP contribution in [0, 0.1) is 17.3 Å². The minimum Gasteiger partial charge on any atom is -0.316 e. The van der Waals surface area contributed by atoms with Crippen molar-refractivity contribution in [2.75, 3.05) is 32.7 Å². The Balaban J connectivity index is 2.15. The molecule has 1 unspecified atom stereocenters. The zero-order valence-corrected chi connectivity index (χ0v) is 11.8. The van der Waals surface area contributed by atoms with Crippen LogP contribution in [-0.2, 0) is 0 Å². The summed E-state index contributed by atoms with van der Waals surface area (Å²) < 4.78 is 0. The van der Waals surface area contributed by atoms with E-state index >= 15 is 0 Å².